The Morgan fingerprint density at radius 3 is 2.64 bits per heavy atom. The van der Waals surface area contributed by atoms with Gasteiger partial charge in [0.1, 0.15) is 0 Å². The molecule has 0 aromatic carbocycles. The molecule has 0 aliphatic carbocycles. The second kappa shape index (κ2) is 4.78. The predicted octanol–water partition coefficient (Wildman–Crippen LogP) is 1.09. The summed E-state index contributed by atoms with van der Waals surface area (Å²) in [5, 5.41) is 0. The molecule has 1 rings (SSSR count). The lowest BCUT2D eigenvalue weighted by molar-refractivity contribution is -0.128. The molecule has 1 saturated heterocycles. The van der Waals surface area contributed by atoms with E-state index in [-0.39, 0.29) is 0 Å². The highest BCUT2D eigenvalue weighted by Gasteiger charge is 2.32. The summed E-state index contributed by atoms with van der Waals surface area (Å²) in [4.78, 5) is 13.6. The molecule has 0 bridgehead atoms. The van der Waals surface area contributed by atoms with Crippen molar-refractivity contribution in [1.29, 1.82) is 0 Å². The van der Waals surface area contributed by atoms with Gasteiger partial charge in [-0.1, -0.05) is 20.8 Å². The van der Waals surface area contributed by atoms with Gasteiger partial charge in [-0.15, -0.1) is 0 Å². The highest BCUT2D eigenvalue weighted by Crippen LogP contribution is 2.24. The maximum atomic E-state index is 11.6. The van der Waals surface area contributed by atoms with E-state index in [1.807, 2.05) is 4.90 Å². The highest BCUT2D eigenvalue weighted by atomic mass is 16.2. The lowest BCUT2D eigenvalue weighted by Crippen LogP contribution is -2.30. The Kier molecular flexibility index (Phi) is 3.93. The van der Waals surface area contributed by atoms with Crippen LogP contribution in [0.3, 0.4) is 0 Å². The van der Waals surface area contributed by atoms with E-state index in [9.17, 15) is 4.79 Å². The number of likely N-dealkylation sites (tertiary alicyclic amines) is 1. The first kappa shape index (κ1) is 11.5. The summed E-state index contributed by atoms with van der Waals surface area (Å²) in [6, 6.07) is 0. The first-order chi connectivity index (χ1) is 6.54. The minimum Gasteiger partial charge on any atom is -0.342 e. The average Bonchev–Trinajstić information content (AvgIpc) is 2.46. The van der Waals surface area contributed by atoms with Gasteiger partial charge in [0.2, 0.25) is 5.91 Å². The van der Waals surface area contributed by atoms with Crippen LogP contribution in [0, 0.1) is 17.8 Å². The third kappa shape index (κ3) is 2.71. The predicted molar refractivity (Wildman–Crippen MR) is 57.7 cm³/mol. The third-order valence-electron chi connectivity index (χ3n) is 3.01. The summed E-state index contributed by atoms with van der Waals surface area (Å²) in [6.07, 6.45) is 0.699. The molecule has 2 unspecified atom stereocenters. The van der Waals surface area contributed by atoms with Gasteiger partial charge in [0.15, 0.2) is 0 Å². The van der Waals surface area contributed by atoms with Gasteiger partial charge >= 0.3 is 0 Å². The second-order valence-electron chi connectivity index (χ2n) is 4.87. The molecule has 1 amide bonds. The van der Waals surface area contributed by atoms with Crippen molar-refractivity contribution in [3.8, 4) is 0 Å². The van der Waals surface area contributed by atoms with Crippen LogP contribution in [0.1, 0.15) is 27.2 Å². The fraction of sp³-hybridized carbons (Fsp3) is 0.909. The molecule has 0 aromatic rings. The van der Waals surface area contributed by atoms with E-state index in [4.69, 9.17) is 5.73 Å². The van der Waals surface area contributed by atoms with E-state index >= 15 is 0 Å². The van der Waals surface area contributed by atoms with Crippen molar-refractivity contribution in [2.75, 3.05) is 19.6 Å². The summed E-state index contributed by atoms with van der Waals surface area (Å²) in [7, 11) is 0. The topological polar surface area (TPSA) is 46.3 Å². The number of carbonyl (C=O) groups is 1. The number of nitrogens with two attached hydrogens (primary N) is 1. The maximum Gasteiger partial charge on any atom is 0.222 e. The van der Waals surface area contributed by atoms with Crippen LogP contribution < -0.4 is 5.73 Å². The Bertz CT molecular complexity index is 203. The molecule has 0 spiro atoms. The standard InChI is InChI=1S/C11H22N2O/c1-8(2)6-13-7-10(4-11(13)14)9(3)5-12/h8-10H,4-7,12H2,1-3H3. The van der Waals surface area contributed by atoms with Crippen molar-refractivity contribution in [2.24, 2.45) is 23.5 Å². The number of carbonyl (C=O) groups excluding carboxylic acids is 1. The van der Waals surface area contributed by atoms with Crippen molar-refractivity contribution in [3.63, 3.8) is 0 Å². The number of hydrogen-bond acceptors (Lipinski definition) is 2. The Morgan fingerprint density at radius 2 is 2.14 bits per heavy atom. The molecule has 1 fully saturated rings. The van der Waals surface area contributed by atoms with Gasteiger partial charge in [0.25, 0.3) is 0 Å². The Morgan fingerprint density at radius 1 is 1.50 bits per heavy atom. The number of nitrogens with zero attached hydrogens (tertiary/aromatic N) is 1. The number of rotatable bonds is 4. The molecule has 0 radical (unpaired) electrons. The Hall–Kier alpha value is -0.570. The largest absolute Gasteiger partial charge is 0.342 e. The van der Waals surface area contributed by atoms with E-state index < -0.39 is 0 Å². The van der Waals surface area contributed by atoms with Crippen LogP contribution in [0.4, 0.5) is 0 Å². The fourth-order valence-corrected chi connectivity index (χ4v) is 1.99. The van der Waals surface area contributed by atoms with Crippen LogP contribution in [0.5, 0.6) is 0 Å². The molecule has 2 atom stereocenters. The third-order valence-corrected chi connectivity index (χ3v) is 3.01. The molecular weight excluding hydrogens is 176 g/mol. The SMILES string of the molecule is CC(C)CN1CC(C(C)CN)CC1=O. The fourth-order valence-electron chi connectivity index (χ4n) is 1.99. The minimum atomic E-state index is 0.309. The van der Waals surface area contributed by atoms with Crippen molar-refractivity contribution in [3.05, 3.63) is 0 Å². The molecule has 1 aliphatic rings. The van der Waals surface area contributed by atoms with E-state index in [2.05, 4.69) is 20.8 Å². The van der Waals surface area contributed by atoms with Gasteiger partial charge in [0, 0.05) is 19.5 Å². The van der Waals surface area contributed by atoms with Crippen molar-refractivity contribution >= 4 is 5.91 Å². The Balaban J connectivity index is 2.47. The Labute approximate surface area is 86.6 Å². The first-order valence-electron chi connectivity index (χ1n) is 5.52. The van der Waals surface area contributed by atoms with Crippen LogP contribution in [0.2, 0.25) is 0 Å². The van der Waals surface area contributed by atoms with Gasteiger partial charge in [-0.3, -0.25) is 4.79 Å². The molecule has 1 aliphatic heterocycles. The molecule has 0 aromatic heterocycles. The van der Waals surface area contributed by atoms with E-state index in [0.717, 1.165) is 13.1 Å². The second-order valence-corrected chi connectivity index (χ2v) is 4.87. The van der Waals surface area contributed by atoms with Crippen LogP contribution in [-0.4, -0.2) is 30.4 Å². The van der Waals surface area contributed by atoms with E-state index in [1.54, 1.807) is 0 Å². The summed E-state index contributed by atoms with van der Waals surface area (Å²) in [5.41, 5.74) is 5.61. The van der Waals surface area contributed by atoms with Crippen LogP contribution >= 0.6 is 0 Å². The zero-order chi connectivity index (χ0) is 10.7. The highest BCUT2D eigenvalue weighted by molar-refractivity contribution is 5.78. The lowest BCUT2D eigenvalue weighted by atomic mass is 9.93. The molecule has 0 saturated carbocycles. The van der Waals surface area contributed by atoms with Crippen LogP contribution in [0.25, 0.3) is 0 Å². The van der Waals surface area contributed by atoms with E-state index in [0.29, 0.717) is 36.6 Å². The zero-order valence-electron chi connectivity index (χ0n) is 9.49. The quantitative estimate of drug-likeness (QED) is 0.735. The summed E-state index contributed by atoms with van der Waals surface area (Å²) in [5.74, 6) is 1.82. The summed E-state index contributed by atoms with van der Waals surface area (Å²) in [6.45, 7) is 8.92. The van der Waals surface area contributed by atoms with Gasteiger partial charge in [0.05, 0.1) is 0 Å². The normalized spacial score (nSPS) is 24.8. The molecule has 82 valence electrons. The molecular formula is C11H22N2O. The molecule has 1 heterocycles. The van der Waals surface area contributed by atoms with Crippen molar-refractivity contribution < 1.29 is 4.79 Å². The first-order valence-corrected chi connectivity index (χ1v) is 5.52. The van der Waals surface area contributed by atoms with Gasteiger partial charge in [-0.25, -0.2) is 0 Å². The monoisotopic (exact) mass is 198 g/mol. The smallest absolute Gasteiger partial charge is 0.222 e. The minimum absolute atomic E-state index is 0.309. The van der Waals surface area contributed by atoms with Gasteiger partial charge in [-0.05, 0) is 24.3 Å². The van der Waals surface area contributed by atoms with Crippen LogP contribution in [0.15, 0.2) is 0 Å². The van der Waals surface area contributed by atoms with Gasteiger partial charge < -0.3 is 10.6 Å². The molecule has 3 nitrogen and oxygen atoms in total. The number of amides is 1. The lowest BCUT2D eigenvalue weighted by Gasteiger charge is -2.20. The van der Waals surface area contributed by atoms with Crippen molar-refractivity contribution in [2.45, 2.75) is 27.2 Å². The van der Waals surface area contributed by atoms with Crippen molar-refractivity contribution in [1.82, 2.24) is 4.90 Å². The maximum absolute atomic E-state index is 11.6. The van der Waals surface area contributed by atoms with Crippen LogP contribution in [-0.2, 0) is 4.79 Å². The number of hydrogen-bond donors (Lipinski definition) is 1. The van der Waals surface area contributed by atoms with Gasteiger partial charge in [-0.2, -0.15) is 0 Å². The summed E-state index contributed by atoms with van der Waals surface area (Å²) < 4.78 is 0. The average molecular weight is 198 g/mol. The molecule has 3 heteroatoms. The molecule has 2 N–H and O–H groups in total. The molecule has 14 heavy (non-hydrogen) atoms. The van der Waals surface area contributed by atoms with E-state index in [1.165, 1.54) is 0 Å². The zero-order valence-corrected chi connectivity index (χ0v) is 9.49. The summed E-state index contributed by atoms with van der Waals surface area (Å²) >= 11 is 0.